The Kier molecular flexibility index (Phi) is 5.81. The van der Waals surface area contributed by atoms with Crippen LogP contribution in [0.4, 0.5) is 0 Å². The van der Waals surface area contributed by atoms with E-state index < -0.39 is 5.97 Å². The molecule has 0 aliphatic rings. The van der Waals surface area contributed by atoms with Crippen LogP contribution in [0.5, 0.6) is 5.75 Å². The molecule has 0 saturated heterocycles. The molecule has 0 heterocycles. The van der Waals surface area contributed by atoms with Gasteiger partial charge in [0, 0.05) is 13.2 Å². The van der Waals surface area contributed by atoms with Gasteiger partial charge in [0.05, 0.1) is 12.2 Å². The molecule has 0 fully saturated rings. The third-order valence-corrected chi connectivity index (χ3v) is 2.30. The SMILES string of the molecule is COC[C@@H](C)NC(=O)COc1ccc(C(=O)O)cc1. The number of benzene rings is 1. The number of carboxylic acid groups (broad SMARTS) is 1. The summed E-state index contributed by atoms with van der Waals surface area (Å²) in [4.78, 5) is 22.1. The van der Waals surface area contributed by atoms with Crippen LogP contribution in [0.15, 0.2) is 24.3 Å². The van der Waals surface area contributed by atoms with Crippen LogP contribution in [-0.2, 0) is 9.53 Å². The first-order valence-corrected chi connectivity index (χ1v) is 5.77. The van der Waals surface area contributed by atoms with Gasteiger partial charge in [0.2, 0.25) is 0 Å². The van der Waals surface area contributed by atoms with Crippen LogP contribution in [0.2, 0.25) is 0 Å². The zero-order valence-corrected chi connectivity index (χ0v) is 10.9. The Labute approximate surface area is 111 Å². The van der Waals surface area contributed by atoms with Gasteiger partial charge in [0.1, 0.15) is 5.75 Å². The molecular weight excluding hydrogens is 250 g/mol. The standard InChI is InChI=1S/C13H17NO5/c1-9(7-18-2)14-12(15)8-19-11-5-3-10(4-6-11)13(16)17/h3-6,9H,7-8H2,1-2H3,(H,14,15)(H,16,17)/t9-/m1/s1. The molecule has 1 amide bonds. The summed E-state index contributed by atoms with van der Waals surface area (Å²) in [6, 6.07) is 5.77. The van der Waals surface area contributed by atoms with Gasteiger partial charge >= 0.3 is 5.97 Å². The van der Waals surface area contributed by atoms with Crippen LogP contribution >= 0.6 is 0 Å². The summed E-state index contributed by atoms with van der Waals surface area (Å²) in [6.07, 6.45) is 0. The van der Waals surface area contributed by atoms with Gasteiger partial charge in [-0.3, -0.25) is 4.79 Å². The Hall–Kier alpha value is -2.08. The number of rotatable bonds is 7. The largest absolute Gasteiger partial charge is 0.484 e. The minimum absolute atomic E-state index is 0.0875. The average molecular weight is 267 g/mol. The molecule has 0 radical (unpaired) electrons. The molecular formula is C13H17NO5. The van der Waals surface area contributed by atoms with Crippen molar-refractivity contribution >= 4 is 11.9 Å². The number of carboxylic acids is 1. The van der Waals surface area contributed by atoms with Gasteiger partial charge in [0.15, 0.2) is 6.61 Å². The van der Waals surface area contributed by atoms with E-state index in [2.05, 4.69) is 5.32 Å². The molecule has 1 aromatic carbocycles. The predicted octanol–water partition coefficient (Wildman–Crippen LogP) is 0.915. The zero-order valence-electron chi connectivity index (χ0n) is 10.9. The van der Waals surface area contributed by atoms with E-state index in [0.29, 0.717) is 12.4 Å². The van der Waals surface area contributed by atoms with Crippen LogP contribution in [0.25, 0.3) is 0 Å². The summed E-state index contributed by atoms with van der Waals surface area (Å²) in [5.74, 6) is -0.816. The van der Waals surface area contributed by atoms with Crippen LogP contribution in [0.1, 0.15) is 17.3 Å². The first kappa shape index (κ1) is 15.0. The normalized spacial score (nSPS) is 11.7. The van der Waals surface area contributed by atoms with Gasteiger partial charge in [-0.15, -0.1) is 0 Å². The van der Waals surface area contributed by atoms with Crippen molar-refractivity contribution in [3.05, 3.63) is 29.8 Å². The molecule has 1 atom stereocenters. The molecule has 0 bridgehead atoms. The van der Waals surface area contributed by atoms with Crippen LogP contribution in [0, 0.1) is 0 Å². The number of carbonyl (C=O) groups excluding carboxylic acids is 1. The van der Waals surface area contributed by atoms with E-state index in [0.717, 1.165) is 0 Å². The Morgan fingerprint density at radius 2 is 1.95 bits per heavy atom. The number of nitrogens with one attached hydrogen (secondary N) is 1. The number of carbonyl (C=O) groups is 2. The van der Waals surface area contributed by atoms with Gasteiger partial charge < -0.3 is 19.9 Å². The zero-order chi connectivity index (χ0) is 14.3. The lowest BCUT2D eigenvalue weighted by Crippen LogP contribution is -2.38. The summed E-state index contributed by atoms with van der Waals surface area (Å²) in [6.45, 7) is 2.13. The summed E-state index contributed by atoms with van der Waals surface area (Å²) in [7, 11) is 1.56. The van der Waals surface area contributed by atoms with Gasteiger partial charge in [0.25, 0.3) is 5.91 Å². The Balaban J connectivity index is 2.39. The molecule has 0 aliphatic carbocycles. The monoisotopic (exact) mass is 267 g/mol. The van der Waals surface area contributed by atoms with Crippen molar-refractivity contribution in [1.29, 1.82) is 0 Å². The fraction of sp³-hybridized carbons (Fsp3) is 0.385. The number of amides is 1. The fourth-order valence-electron chi connectivity index (χ4n) is 1.45. The highest BCUT2D eigenvalue weighted by atomic mass is 16.5. The molecule has 0 spiro atoms. The van der Waals surface area contributed by atoms with Crippen molar-refractivity contribution in [2.75, 3.05) is 20.3 Å². The highest BCUT2D eigenvalue weighted by molar-refractivity contribution is 5.87. The number of ether oxygens (including phenoxy) is 2. The Morgan fingerprint density at radius 1 is 1.32 bits per heavy atom. The van der Waals surface area contributed by atoms with Crippen molar-refractivity contribution in [2.45, 2.75) is 13.0 Å². The summed E-state index contributed by atoms with van der Waals surface area (Å²) in [5, 5.41) is 11.4. The van der Waals surface area contributed by atoms with Crippen LogP contribution in [-0.4, -0.2) is 43.3 Å². The summed E-state index contributed by atoms with van der Waals surface area (Å²) in [5.41, 5.74) is 0.172. The predicted molar refractivity (Wildman–Crippen MR) is 68.4 cm³/mol. The molecule has 6 nitrogen and oxygen atoms in total. The van der Waals surface area contributed by atoms with Crippen molar-refractivity contribution in [3.8, 4) is 5.75 Å². The Bertz CT molecular complexity index is 429. The lowest BCUT2D eigenvalue weighted by atomic mass is 10.2. The van der Waals surface area contributed by atoms with E-state index in [9.17, 15) is 9.59 Å². The van der Waals surface area contributed by atoms with Crippen molar-refractivity contribution < 1.29 is 24.2 Å². The third kappa shape index (κ3) is 5.39. The fourth-order valence-corrected chi connectivity index (χ4v) is 1.45. The Morgan fingerprint density at radius 3 is 2.47 bits per heavy atom. The van der Waals surface area contributed by atoms with Gasteiger partial charge in [-0.05, 0) is 31.2 Å². The molecule has 0 aromatic heterocycles. The van der Waals surface area contributed by atoms with Crippen molar-refractivity contribution in [2.24, 2.45) is 0 Å². The molecule has 0 aliphatic heterocycles. The molecule has 6 heteroatoms. The molecule has 2 N–H and O–H groups in total. The summed E-state index contributed by atoms with van der Waals surface area (Å²) < 4.78 is 10.1. The van der Waals surface area contributed by atoms with Crippen molar-refractivity contribution in [3.63, 3.8) is 0 Å². The molecule has 19 heavy (non-hydrogen) atoms. The van der Waals surface area contributed by atoms with E-state index in [4.69, 9.17) is 14.6 Å². The maximum atomic E-state index is 11.5. The second-order valence-corrected chi connectivity index (χ2v) is 4.04. The molecule has 0 saturated carbocycles. The quantitative estimate of drug-likeness (QED) is 0.767. The van der Waals surface area contributed by atoms with E-state index in [1.54, 1.807) is 7.11 Å². The minimum Gasteiger partial charge on any atom is -0.484 e. The molecule has 1 rings (SSSR count). The maximum Gasteiger partial charge on any atom is 0.335 e. The highest BCUT2D eigenvalue weighted by Crippen LogP contribution is 2.11. The van der Waals surface area contributed by atoms with Gasteiger partial charge in [-0.2, -0.15) is 0 Å². The number of aromatic carboxylic acids is 1. The maximum absolute atomic E-state index is 11.5. The smallest absolute Gasteiger partial charge is 0.335 e. The highest BCUT2D eigenvalue weighted by Gasteiger charge is 2.08. The lowest BCUT2D eigenvalue weighted by molar-refractivity contribution is -0.124. The molecule has 1 aromatic rings. The first-order chi connectivity index (χ1) is 9.02. The second kappa shape index (κ2) is 7.38. The van der Waals surface area contributed by atoms with E-state index in [1.807, 2.05) is 6.92 Å². The van der Waals surface area contributed by atoms with Crippen molar-refractivity contribution in [1.82, 2.24) is 5.32 Å². The van der Waals surface area contributed by atoms with Crippen LogP contribution in [0.3, 0.4) is 0 Å². The van der Waals surface area contributed by atoms with Crippen LogP contribution < -0.4 is 10.1 Å². The second-order valence-electron chi connectivity index (χ2n) is 4.04. The first-order valence-electron chi connectivity index (χ1n) is 5.77. The average Bonchev–Trinajstić information content (AvgIpc) is 2.37. The van der Waals surface area contributed by atoms with E-state index in [-0.39, 0.29) is 24.1 Å². The number of methoxy groups -OCH3 is 1. The topological polar surface area (TPSA) is 84.9 Å². The van der Waals surface area contributed by atoms with E-state index >= 15 is 0 Å². The lowest BCUT2D eigenvalue weighted by Gasteiger charge is -2.13. The third-order valence-electron chi connectivity index (χ3n) is 2.30. The molecule has 104 valence electrons. The molecule has 0 unspecified atom stereocenters. The van der Waals surface area contributed by atoms with Gasteiger partial charge in [-0.25, -0.2) is 4.79 Å². The number of hydrogen-bond donors (Lipinski definition) is 2. The van der Waals surface area contributed by atoms with E-state index in [1.165, 1.54) is 24.3 Å². The minimum atomic E-state index is -1.00. The number of hydrogen-bond acceptors (Lipinski definition) is 4. The van der Waals surface area contributed by atoms with Gasteiger partial charge in [-0.1, -0.05) is 0 Å². The summed E-state index contributed by atoms with van der Waals surface area (Å²) >= 11 is 0.